The van der Waals surface area contributed by atoms with Crippen LogP contribution < -0.4 is 0 Å². The summed E-state index contributed by atoms with van der Waals surface area (Å²) in [6, 6.07) is 11.9. The van der Waals surface area contributed by atoms with Crippen LogP contribution in [0.5, 0.6) is 0 Å². The van der Waals surface area contributed by atoms with Gasteiger partial charge in [0, 0.05) is 6.20 Å². The first kappa shape index (κ1) is 12.3. The van der Waals surface area contributed by atoms with Crippen LogP contribution in [0.1, 0.15) is 27.2 Å². The fourth-order valence-electron chi connectivity index (χ4n) is 1.98. The summed E-state index contributed by atoms with van der Waals surface area (Å²) in [5.74, 6) is -0.963. The zero-order valence-electron chi connectivity index (χ0n) is 10.3. The maximum Gasteiger partial charge on any atom is 0.354 e. The highest BCUT2D eigenvalue weighted by atomic mass is 16.4. The van der Waals surface area contributed by atoms with Crippen molar-refractivity contribution in [2.24, 2.45) is 0 Å². The van der Waals surface area contributed by atoms with Crippen LogP contribution in [0.4, 0.5) is 0 Å². The fraction of sp³-hybridized carbons (Fsp3) is 0.200. The molecule has 0 fully saturated rings. The van der Waals surface area contributed by atoms with Gasteiger partial charge in [0.15, 0.2) is 5.69 Å². The van der Waals surface area contributed by atoms with Crippen molar-refractivity contribution >= 4 is 5.97 Å². The van der Waals surface area contributed by atoms with E-state index in [1.165, 1.54) is 17.3 Å². The van der Waals surface area contributed by atoms with Crippen LogP contribution in [0.25, 0.3) is 0 Å². The molecule has 0 aliphatic rings. The maximum atomic E-state index is 11.0. The minimum absolute atomic E-state index is 0.158. The second-order valence-corrected chi connectivity index (χ2v) is 4.31. The van der Waals surface area contributed by atoms with Crippen LogP contribution in [-0.2, 0) is 12.8 Å². The summed E-state index contributed by atoms with van der Waals surface area (Å²) in [5, 5.41) is 9.04. The third-order valence-electron chi connectivity index (χ3n) is 2.86. The van der Waals surface area contributed by atoms with Gasteiger partial charge < -0.3 is 5.11 Å². The topological polar surface area (TPSA) is 50.2 Å². The Morgan fingerprint density at radius 3 is 2.78 bits per heavy atom. The van der Waals surface area contributed by atoms with Crippen molar-refractivity contribution in [1.29, 1.82) is 0 Å². The van der Waals surface area contributed by atoms with Crippen molar-refractivity contribution in [2.45, 2.75) is 19.8 Å². The van der Waals surface area contributed by atoms with Crippen molar-refractivity contribution < 1.29 is 9.90 Å². The molecular formula is C15H15NO2. The normalized spacial score (nSPS) is 10.3. The SMILES string of the molecule is Cc1cccc(CCc2cccnc2C(=O)O)c1. The number of aromatic nitrogens is 1. The zero-order chi connectivity index (χ0) is 13.0. The van der Waals surface area contributed by atoms with Crippen LogP contribution in [0.2, 0.25) is 0 Å². The standard InChI is InChI=1S/C15H15NO2/c1-11-4-2-5-12(10-11)7-8-13-6-3-9-16-14(13)15(17)18/h2-6,9-10H,7-8H2,1H3,(H,17,18). The molecule has 0 radical (unpaired) electrons. The van der Waals surface area contributed by atoms with Gasteiger partial charge in [-0.3, -0.25) is 0 Å². The van der Waals surface area contributed by atoms with E-state index in [-0.39, 0.29) is 5.69 Å². The summed E-state index contributed by atoms with van der Waals surface area (Å²) < 4.78 is 0. The second-order valence-electron chi connectivity index (χ2n) is 4.31. The average Bonchev–Trinajstić information content (AvgIpc) is 2.37. The van der Waals surface area contributed by atoms with E-state index in [2.05, 4.69) is 30.1 Å². The van der Waals surface area contributed by atoms with Gasteiger partial charge in [0.2, 0.25) is 0 Å². The Kier molecular flexibility index (Phi) is 3.72. The molecule has 3 heteroatoms. The van der Waals surface area contributed by atoms with Crippen molar-refractivity contribution in [3.05, 3.63) is 65.0 Å². The summed E-state index contributed by atoms with van der Waals surface area (Å²) in [7, 11) is 0. The first-order chi connectivity index (χ1) is 8.66. The number of hydrogen-bond acceptors (Lipinski definition) is 2. The van der Waals surface area contributed by atoms with E-state index in [9.17, 15) is 4.79 Å². The minimum Gasteiger partial charge on any atom is -0.477 e. The Bertz CT molecular complexity index is 564. The van der Waals surface area contributed by atoms with Crippen molar-refractivity contribution in [1.82, 2.24) is 4.98 Å². The van der Waals surface area contributed by atoms with Gasteiger partial charge >= 0.3 is 5.97 Å². The molecule has 0 amide bonds. The summed E-state index contributed by atoms with van der Waals surface area (Å²) >= 11 is 0. The van der Waals surface area contributed by atoms with E-state index >= 15 is 0 Å². The summed E-state index contributed by atoms with van der Waals surface area (Å²) in [6.07, 6.45) is 3.03. The largest absolute Gasteiger partial charge is 0.477 e. The van der Waals surface area contributed by atoms with Gasteiger partial charge in [0.1, 0.15) is 0 Å². The van der Waals surface area contributed by atoms with Gasteiger partial charge in [0.05, 0.1) is 0 Å². The van der Waals surface area contributed by atoms with Gasteiger partial charge in [-0.25, -0.2) is 9.78 Å². The Hall–Kier alpha value is -2.16. The van der Waals surface area contributed by atoms with Crippen LogP contribution in [-0.4, -0.2) is 16.1 Å². The van der Waals surface area contributed by atoms with Crippen LogP contribution in [0.15, 0.2) is 42.6 Å². The van der Waals surface area contributed by atoms with Crippen molar-refractivity contribution in [3.8, 4) is 0 Å². The summed E-state index contributed by atoms with van der Waals surface area (Å²) in [6.45, 7) is 2.05. The van der Waals surface area contributed by atoms with Gasteiger partial charge in [0.25, 0.3) is 0 Å². The lowest BCUT2D eigenvalue weighted by atomic mass is 10.0. The number of carboxylic acids is 1. The molecule has 0 atom stereocenters. The predicted octanol–water partition coefficient (Wildman–Crippen LogP) is 2.87. The fourth-order valence-corrected chi connectivity index (χ4v) is 1.98. The van der Waals surface area contributed by atoms with E-state index in [0.717, 1.165) is 12.0 Å². The highest BCUT2D eigenvalue weighted by Gasteiger charge is 2.10. The number of pyridine rings is 1. The van der Waals surface area contributed by atoms with E-state index < -0.39 is 5.97 Å². The molecule has 1 heterocycles. The first-order valence-electron chi connectivity index (χ1n) is 5.89. The van der Waals surface area contributed by atoms with Crippen LogP contribution in [0.3, 0.4) is 0 Å². The Balaban J connectivity index is 2.13. The number of rotatable bonds is 4. The molecule has 1 aromatic heterocycles. The molecule has 0 spiro atoms. The molecule has 0 unspecified atom stereocenters. The number of aromatic carboxylic acids is 1. The molecule has 2 aromatic rings. The molecule has 0 aliphatic heterocycles. The van der Waals surface area contributed by atoms with Crippen molar-refractivity contribution in [2.75, 3.05) is 0 Å². The summed E-state index contributed by atoms with van der Waals surface area (Å²) in [4.78, 5) is 14.9. The lowest BCUT2D eigenvalue weighted by molar-refractivity contribution is 0.0689. The zero-order valence-corrected chi connectivity index (χ0v) is 10.3. The quantitative estimate of drug-likeness (QED) is 0.895. The molecule has 92 valence electrons. The number of carboxylic acid groups (broad SMARTS) is 1. The monoisotopic (exact) mass is 241 g/mol. The van der Waals surface area contributed by atoms with Gasteiger partial charge in [-0.05, 0) is 37.0 Å². The molecule has 1 aromatic carbocycles. The van der Waals surface area contributed by atoms with Crippen LogP contribution in [0, 0.1) is 6.92 Å². The second kappa shape index (κ2) is 5.45. The minimum atomic E-state index is -0.963. The molecule has 0 bridgehead atoms. The molecule has 18 heavy (non-hydrogen) atoms. The van der Waals surface area contributed by atoms with E-state index in [4.69, 9.17) is 5.11 Å². The third-order valence-corrected chi connectivity index (χ3v) is 2.86. The number of benzene rings is 1. The molecule has 3 nitrogen and oxygen atoms in total. The first-order valence-corrected chi connectivity index (χ1v) is 5.89. The lowest BCUT2D eigenvalue weighted by Gasteiger charge is -2.05. The van der Waals surface area contributed by atoms with E-state index in [0.29, 0.717) is 6.42 Å². The number of carbonyl (C=O) groups is 1. The Morgan fingerprint density at radius 1 is 1.22 bits per heavy atom. The van der Waals surface area contributed by atoms with Crippen LogP contribution >= 0.6 is 0 Å². The lowest BCUT2D eigenvalue weighted by Crippen LogP contribution is -2.06. The molecule has 1 N–H and O–H groups in total. The smallest absolute Gasteiger partial charge is 0.354 e. The molecule has 0 saturated heterocycles. The highest BCUT2D eigenvalue weighted by molar-refractivity contribution is 5.86. The molecule has 2 rings (SSSR count). The molecule has 0 aliphatic carbocycles. The van der Waals surface area contributed by atoms with E-state index in [1.54, 1.807) is 6.07 Å². The van der Waals surface area contributed by atoms with Gasteiger partial charge in [-0.1, -0.05) is 35.9 Å². The molecule has 0 saturated carbocycles. The average molecular weight is 241 g/mol. The van der Waals surface area contributed by atoms with Crippen molar-refractivity contribution in [3.63, 3.8) is 0 Å². The predicted molar refractivity (Wildman–Crippen MR) is 69.8 cm³/mol. The Morgan fingerprint density at radius 2 is 2.06 bits per heavy atom. The van der Waals surface area contributed by atoms with Gasteiger partial charge in [-0.2, -0.15) is 0 Å². The molecular weight excluding hydrogens is 226 g/mol. The number of hydrogen-bond donors (Lipinski definition) is 1. The summed E-state index contributed by atoms with van der Waals surface area (Å²) in [5.41, 5.74) is 3.38. The number of nitrogens with zero attached hydrogens (tertiary/aromatic N) is 1. The third kappa shape index (κ3) is 2.94. The highest BCUT2D eigenvalue weighted by Crippen LogP contribution is 2.11. The number of aryl methyl sites for hydroxylation is 3. The maximum absolute atomic E-state index is 11.0. The van der Waals surface area contributed by atoms with Gasteiger partial charge in [-0.15, -0.1) is 0 Å². The Labute approximate surface area is 106 Å². The van der Waals surface area contributed by atoms with E-state index in [1.807, 2.05) is 12.1 Å².